The Morgan fingerprint density at radius 3 is 1.41 bits per heavy atom. The molecule has 0 N–H and O–H groups in total. The number of halogens is 3. The van der Waals surface area contributed by atoms with Crippen LogP contribution in [0.15, 0.2) is 66.7 Å². The van der Waals surface area contributed by atoms with Crippen LogP contribution in [-0.4, -0.2) is 38.3 Å². The first-order chi connectivity index (χ1) is 14.8. The largest absolute Gasteiger partial charge is 3.00 e. The van der Waals surface area contributed by atoms with Crippen molar-refractivity contribution in [2.45, 2.75) is 13.5 Å². The number of methoxy groups -OCH3 is 2. The molecular weight excluding hydrogens is 540 g/mol. The fourth-order valence-electron chi connectivity index (χ4n) is 3.75. The number of rotatable bonds is 6. The Bertz CT molecular complexity index is 1260. The summed E-state index contributed by atoms with van der Waals surface area (Å²) in [5.41, 5.74) is 5.35. The average Bonchev–Trinajstić information content (AvgIpc) is 3.34. The number of nitrogens with zero attached hydrogens (tertiary/aromatic N) is 5. The summed E-state index contributed by atoms with van der Waals surface area (Å²) in [6.45, 7) is 0.786. The zero-order valence-corrected chi connectivity index (χ0v) is 21.7. The number of aromatic nitrogens is 5. The topological polar surface area (TPSA) is 67.0 Å². The standard InChI is InChI=1S/C23H21N5O2.3ClH.Fe/c1-29-14-27-20-12-5-3-8-16(20)25-22(27)18-10-7-11-19(24-18)23-26-17-9-4-6-13-21(17)28(23)15-30-2;;;;/h3-13H,14-15H2,1-2H3;3*1H;/q;;;;+3/p-3. The Kier molecular flexibility index (Phi) is 11.5. The van der Waals surface area contributed by atoms with E-state index in [2.05, 4.69) is 0 Å². The molecule has 1 radical (unpaired) electrons. The Morgan fingerprint density at radius 1 is 0.588 bits per heavy atom. The van der Waals surface area contributed by atoms with E-state index in [1.54, 1.807) is 14.2 Å². The summed E-state index contributed by atoms with van der Waals surface area (Å²) in [7, 11) is 3.35. The number of hydrogen-bond acceptors (Lipinski definition) is 5. The van der Waals surface area contributed by atoms with E-state index < -0.39 is 0 Å². The quantitative estimate of drug-likeness (QED) is 0.195. The van der Waals surface area contributed by atoms with E-state index in [0.29, 0.717) is 13.5 Å². The molecule has 7 nitrogen and oxygen atoms in total. The summed E-state index contributed by atoms with van der Waals surface area (Å²) in [6.07, 6.45) is 0. The van der Waals surface area contributed by atoms with E-state index in [1.165, 1.54) is 0 Å². The minimum Gasteiger partial charge on any atom is -1.00 e. The molecule has 0 bridgehead atoms. The number of benzene rings is 2. The molecule has 2 aromatic carbocycles. The number of para-hydroxylation sites is 4. The normalized spacial score (nSPS) is 10.2. The van der Waals surface area contributed by atoms with Crippen molar-refractivity contribution < 1.29 is 63.8 Å². The minimum atomic E-state index is 0. The summed E-state index contributed by atoms with van der Waals surface area (Å²) in [5.74, 6) is 1.52. The third-order valence-corrected chi connectivity index (χ3v) is 5.03. The Balaban J connectivity index is 0.00000144. The van der Waals surface area contributed by atoms with E-state index >= 15 is 0 Å². The summed E-state index contributed by atoms with van der Waals surface area (Å²) < 4.78 is 14.9. The van der Waals surface area contributed by atoms with Crippen molar-refractivity contribution in [1.29, 1.82) is 0 Å². The number of hydrogen-bond donors (Lipinski definition) is 0. The number of ether oxygens (including phenoxy) is 2. The molecule has 0 unspecified atom stereocenters. The van der Waals surface area contributed by atoms with Gasteiger partial charge in [-0.15, -0.1) is 0 Å². The molecule has 0 spiro atoms. The predicted molar refractivity (Wildman–Crippen MR) is 116 cm³/mol. The molecule has 0 aliphatic rings. The molecule has 5 rings (SSSR count). The Morgan fingerprint density at radius 2 is 1.00 bits per heavy atom. The summed E-state index contributed by atoms with van der Waals surface area (Å²) in [6, 6.07) is 21.9. The molecule has 0 fully saturated rings. The van der Waals surface area contributed by atoms with Crippen LogP contribution in [0.2, 0.25) is 0 Å². The molecule has 34 heavy (non-hydrogen) atoms. The molecule has 5 aromatic rings. The zero-order chi connectivity index (χ0) is 20.5. The van der Waals surface area contributed by atoms with Crippen molar-refractivity contribution in [3.8, 4) is 23.0 Å². The van der Waals surface area contributed by atoms with Gasteiger partial charge in [-0.3, -0.25) is 9.13 Å². The van der Waals surface area contributed by atoms with Crippen LogP contribution in [0.5, 0.6) is 0 Å². The maximum absolute atomic E-state index is 5.42. The van der Waals surface area contributed by atoms with Crippen LogP contribution in [-0.2, 0) is 40.0 Å². The molecule has 0 amide bonds. The third-order valence-electron chi connectivity index (χ3n) is 5.03. The molecule has 0 aliphatic heterocycles. The number of pyridine rings is 1. The van der Waals surface area contributed by atoms with Crippen LogP contribution < -0.4 is 37.2 Å². The first kappa shape index (κ1) is 29.9. The van der Waals surface area contributed by atoms with Crippen LogP contribution in [0.4, 0.5) is 0 Å². The van der Waals surface area contributed by atoms with Crippen LogP contribution in [0, 0.1) is 0 Å². The van der Waals surface area contributed by atoms with Gasteiger partial charge in [0.1, 0.15) is 24.8 Å². The van der Waals surface area contributed by atoms with Gasteiger partial charge in [-0.05, 0) is 36.4 Å². The van der Waals surface area contributed by atoms with Crippen molar-refractivity contribution in [2.24, 2.45) is 0 Å². The maximum Gasteiger partial charge on any atom is 3.00 e. The molecule has 0 saturated carbocycles. The summed E-state index contributed by atoms with van der Waals surface area (Å²) >= 11 is 0. The first-order valence-corrected chi connectivity index (χ1v) is 9.66. The second kappa shape index (κ2) is 13.1. The van der Waals surface area contributed by atoms with Crippen molar-refractivity contribution in [1.82, 2.24) is 24.1 Å². The fraction of sp³-hybridized carbons (Fsp3) is 0.174. The zero-order valence-electron chi connectivity index (χ0n) is 18.3. The first-order valence-electron chi connectivity index (χ1n) is 9.66. The smallest absolute Gasteiger partial charge is 1.00 e. The van der Waals surface area contributed by atoms with Gasteiger partial charge in [0, 0.05) is 14.2 Å². The van der Waals surface area contributed by atoms with Crippen LogP contribution in [0.1, 0.15) is 0 Å². The predicted octanol–water partition coefficient (Wildman–Crippen LogP) is -4.67. The van der Waals surface area contributed by atoms with Crippen molar-refractivity contribution in [2.75, 3.05) is 14.2 Å². The molecule has 3 heterocycles. The molecule has 11 heteroatoms. The van der Waals surface area contributed by atoms with Gasteiger partial charge in [-0.2, -0.15) is 0 Å². The second-order valence-electron chi connectivity index (χ2n) is 6.95. The van der Waals surface area contributed by atoms with E-state index in [0.717, 1.165) is 45.1 Å². The van der Waals surface area contributed by atoms with Gasteiger partial charge in [-0.1, -0.05) is 30.3 Å². The van der Waals surface area contributed by atoms with Gasteiger partial charge in [0.05, 0.1) is 22.1 Å². The second-order valence-corrected chi connectivity index (χ2v) is 6.95. The van der Waals surface area contributed by atoms with Gasteiger partial charge in [0.25, 0.3) is 0 Å². The SMILES string of the molecule is COCn1c(-c2cccc(-c3nc4ccccc4n3COC)n2)nc2ccccc21.[Cl-].[Cl-].[Cl-].[Fe+3]. The number of imidazole rings is 2. The average molecular weight is 562 g/mol. The maximum atomic E-state index is 5.42. The van der Waals surface area contributed by atoms with Crippen molar-refractivity contribution >= 4 is 22.1 Å². The molecular formula is C23H21Cl3FeN5O2. The van der Waals surface area contributed by atoms with Crippen molar-refractivity contribution in [3.63, 3.8) is 0 Å². The van der Waals surface area contributed by atoms with Gasteiger partial charge in [0.15, 0.2) is 11.6 Å². The Labute approximate surface area is 226 Å². The van der Waals surface area contributed by atoms with Gasteiger partial charge < -0.3 is 46.7 Å². The number of fused-ring (bicyclic) bond motifs is 2. The minimum absolute atomic E-state index is 0. The van der Waals surface area contributed by atoms with Crippen LogP contribution in [0.25, 0.3) is 45.1 Å². The van der Waals surface area contributed by atoms with E-state index in [9.17, 15) is 0 Å². The molecule has 0 atom stereocenters. The van der Waals surface area contributed by atoms with E-state index in [1.807, 2.05) is 75.9 Å². The monoisotopic (exact) mass is 560 g/mol. The molecule has 179 valence electrons. The summed E-state index contributed by atoms with van der Waals surface area (Å²) in [4.78, 5) is 14.5. The molecule has 3 aromatic heterocycles. The van der Waals surface area contributed by atoms with Crippen molar-refractivity contribution in [3.05, 3.63) is 66.7 Å². The van der Waals surface area contributed by atoms with Gasteiger partial charge in [0.2, 0.25) is 0 Å². The molecule has 0 aliphatic carbocycles. The van der Waals surface area contributed by atoms with E-state index in [4.69, 9.17) is 24.4 Å². The van der Waals surface area contributed by atoms with Gasteiger partial charge >= 0.3 is 17.1 Å². The van der Waals surface area contributed by atoms with E-state index in [-0.39, 0.29) is 54.3 Å². The van der Waals surface area contributed by atoms with Crippen LogP contribution >= 0.6 is 0 Å². The Hall–Kier alpha value is -2.16. The van der Waals surface area contributed by atoms with Crippen LogP contribution in [0.3, 0.4) is 0 Å². The van der Waals surface area contributed by atoms with Gasteiger partial charge in [-0.25, -0.2) is 15.0 Å². The fourth-order valence-corrected chi connectivity index (χ4v) is 3.75. The summed E-state index contributed by atoms with van der Waals surface area (Å²) in [5, 5.41) is 0. The third kappa shape index (κ3) is 5.39. The molecule has 0 saturated heterocycles.